The predicted molar refractivity (Wildman–Crippen MR) is 60.7 cm³/mol. The molecule has 0 spiro atoms. The molecule has 3 heteroatoms. The molecule has 13 heavy (non-hydrogen) atoms. The van der Waals surface area contributed by atoms with Gasteiger partial charge in [-0.05, 0) is 30.4 Å². The van der Waals surface area contributed by atoms with Gasteiger partial charge in [-0.3, -0.25) is 0 Å². The van der Waals surface area contributed by atoms with E-state index in [0.717, 1.165) is 0 Å². The van der Waals surface area contributed by atoms with Gasteiger partial charge >= 0.3 is 0 Å². The molecular weight excluding hydrogens is 246 g/mol. The molecule has 1 heterocycles. The lowest BCUT2D eigenvalue weighted by atomic mass is 9.97. The summed E-state index contributed by atoms with van der Waals surface area (Å²) in [5.74, 6) is 0.661. The second-order valence-corrected chi connectivity index (χ2v) is 5.53. The van der Waals surface area contributed by atoms with Crippen LogP contribution >= 0.6 is 27.5 Å². The van der Waals surface area contributed by atoms with Crippen LogP contribution in [-0.2, 0) is 0 Å². The van der Waals surface area contributed by atoms with Gasteiger partial charge in [-0.2, -0.15) is 4.37 Å². The van der Waals surface area contributed by atoms with Gasteiger partial charge in [-0.25, -0.2) is 0 Å². The lowest BCUT2D eigenvalue weighted by Crippen LogP contribution is -2.10. The van der Waals surface area contributed by atoms with E-state index >= 15 is 0 Å². The van der Waals surface area contributed by atoms with E-state index in [-0.39, 0.29) is 0 Å². The average molecular weight is 260 g/mol. The quantitative estimate of drug-likeness (QED) is 0.550. The first kappa shape index (κ1) is 9.66. The topological polar surface area (TPSA) is 12.9 Å². The van der Waals surface area contributed by atoms with Crippen molar-refractivity contribution in [3.63, 3.8) is 0 Å². The fraction of sp³-hybridized carbons (Fsp3) is 0.700. The van der Waals surface area contributed by atoms with E-state index in [4.69, 9.17) is 0 Å². The lowest BCUT2D eigenvalue weighted by molar-refractivity contribution is 0.602. The Bertz CT molecular complexity index is 247. The van der Waals surface area contributed by atoms with Gasteiger partial charge in [0.05, 0.1) is 5.69 Å². The highest BCUT2D eigenvalue weighted by atomic mass is 79.9. The number of alkyl halides is 1. The fourth-order valence-corrected chi connectivity index (χ4v) is 3.45. The molecule has 0 bridgehead atoms. The summed E-state index contributed by atoms with van der Waals surface area (Å²) >= 11 is 5.36. The number of hydrogen-bond acceptors (Lipinski definition) is 2. The van der Waals surface area contributed by atoms with E-state index in [9.17, 15) is 0 Å². The minimum absolute atomic E-state index is 0.650. The molecule has 0 aromatic carbocycles. The summed E-state index contributed by atoms with van der Waals surface area (Å²) < 4.78 is 4.44. The van der Waals surface area contributed by atoms with Gasteiger partial charge in [0.25, 0.3) is 0 Å². The van der Waals surface area contributed by atoms with Gasteiger partial charge in [0, 0.05) is 16.1 Å². The summed E-state index contributed by atoms with van der Waals surface area (Å²) in [6, 6.07) is 2.18. The predicted octanol–water partition coefficient (Wildman–Crippen LogP) is 3.95. The summed E-state index contributed by atoms with van der Waals surface area (Å²) in [6.07, 6.45) is 6.74. The first-order valence-electron chi connectivity index (χ1n) is 4.92. The SMILES string of the molecule is BrC1CCCCCC1c1ccsn1. The average Bonchev–Trinajstić information content (AvgIpc) is 2.56. The first-order chi connectivity index (χ1) is 6.38. The van der Waals surface area contributed by atoms with Crippen LogP contribution in [0.25, 0.3) is 0 Å². The molecule has 0 aliphatic heterocycles. The summed E-state index contributed by atoms with van der Waals surface area (Å²) in [4.78, 5) is 0.650. The van der Waals surface area contributed by atoms with E-state index in [1.165, 1.54) is 37.8 Å². The van der Waals surface area contributed by atoms with E-state index in [1.54, 1.807) is 11.5 Å². The maximum atomic E-state index is 4.44. The van der Waals surface area contributed by atoms with Gasteiger partial charge in [-0.1, -0.05) is 35.2 Å². The summed E-state index contributed by atoms with van der Waals surface area (Å²) in [5, 5.41) is 2.08. The smallest absolute Gasteiger partial charge is 0.0584 e. The minimum atomic E-state index is 0.650. The van der Waals surface area contributed by atoms with Crippen LogP contribution in [0.4, 0.5) is 0 Å². The highest BCUT2D eigenvalue weighted by Gasteiger charge is 2.23. The molecule has 2 rings (SSSR count). The van der Waals surface area contributed by atoms with Crippen LogP contribution in [0, 0.1) is 0 Å². The van der Waals surface area contributed by atoms with Crippen molar-refractivity contribution in [2.45, 2.75) is 42.8 Å². The summed E-state index contributed by atoms with van der Waals surface area (Å²) in [7, 11) is 0. The van der Waals surface area contributed by atoms with Crippen LogP contribution in [0.3, 0.4) is 0 Å². The molecule has 1 fully saturated rings. The van der Waals surface area contributed by atoms with E-state index < -0.39 is 0 Å². The van der Waals surface area contributed by atoms with E-state index in [2.05, 4.69) is 31.7 Å². The number of rotatable bonds is 1. The molecule has 1 aliphatic carbocycles. The minimum Gasteiger partial charge on any atom is -0.197 e. The van der Waals surface area contributed by atoms with Crippen molar-refractivity contribution in [1.29, 1.82) is 0 Å². The Morgan fingerprint density at radius 2 is 2.15 bits per heavy atom. The van der Waals surface area contributed by atoms with Crippen molar-refractivity contribution in [3.8, 4) is 0 Å². The summed E-state index contributed by atoms with van der Waals surface area (Å²) in [6.45, 7) is 0. The molecule has 0 radical (unpaired) electrons. The van der Waals surface area contributed by atoms with Gasteiger partial charge in [-0.15, -0.1) is 0 Å². The number of halogens is 1. The molecule has 0 amide bonds. The van der Waals surface area contributed by atoms with Gasteiger partial charge in [0.2, 0.25) is 0 Å². The second-order valence-electron chi connectivity index (χ2n) is 3.68. The molecule has 1 saturated carbocycles. The molecule has 1 aliphatic rings. The molecule has 2 atom stereocenters. The van der Waals surface area contributed by atoms with Crippen molar-refractivity contribution in [2.75, 3.05) is 0 Å². The Labute approximate surface area is 91.8 Å². The van der Waals surface area contributed by atoms with E-state index in [1.807, 2.05) is 0 Å². The van der Waals surface area contributed by atoms with Crippen molar-refractivity contribution >= 4 is 27.5 Å². The van der Waals surface area contributed by atoms with Gasteiger partial charge in [0.15, 0.2) is 0 Å². The van der Waals surface area contributed by atoms with Crippen molar-refractivity contribution < 1.29 is 0 Å². The zero-order valence-corrected chi connectivity index (χ0v) is 9.98. The van der Waals surface area contributed by atoms with Crippen LogP contribution in [0.2, 0.25) is 0 Å². The molecule has 0 N–H and O–H groups in total. The third-order valence-electron chi connectivity index (χ3n) is 2.77. The second kappa shape index (κ2) is 4.56. The Kier molecular flexibility index (Phi) is 3.39. The number of nitrogens with zero attached hydrogens (tertiary/aromatic N) is 1. The maximum absolute atomic E-state index is 4.44. The molecule has 72 valence electrons. The molecule has 2 unspecified atom stereocenters. The molecule has 1 nitrogen and oxygen atoms in total. The Morgan fingerprint density at radius 1 is 1.31 bits per heavy atom. The van der Waals surface area contributed by atoms with Gasteiger partial charge < -0.3 is 0 Å². The highest BCUT2D eigenvalue weighted by Crippen LogP contribution is 2.35. The Hall–Kier alpha value is 0.110. The van der Waals surface area contributed by atoms with E-state index in [0.29, 0.717) is 10.7 Å². The Balaban J connectivity index is 2.11. The van der Waals surface area contributed by atoms with Crippen LogP contribution in [0.15, 0.2) is 11.4 Å². The van der Waals surface area contributed by atoms with Crippen LogP contribution < -0.4 is 0 Å². The number of aromatic nitrogens is 1. The standard InChI is InChI=1S/C10H14BrNS/c11-9-5-3-1-2-4-8(9)10-6-7-13-12-10/h6-9H,1-5H2. The highest BCUT2D eigenvalue weighted by molar-refractivity contribution is 9.09. The van der Waals surface area contributed by atoms with Crippen molar-refractivity contribution in [3.05, 3.63) is 17.1 Å². The zero-order chi connectivity index (χ0) is 9.10. The molecule has 1 aromatic heterocycles. The molecule has 1 aromatic rings. The lowest BCUT2D eigenvalue weighted by Gasteiger charge is -2.17. The zero-order valence-electron chi connectivity index (χ0n) is 7.58. The Morgan fingerprint density at radius 3 is 2.92 bits per heavy atom. The largest absolute Gasteiger partial charge is 0.197 e. The third-order valence-corrected chi connectivity index (χ3v) is 4.44. The number of hydrogen-bond donors (Lipinski definition) is 0. The van der Waals surface area contributed by atoms with Crippen molar-refractivity contribution in [1.82, 2.24) is 4.37 Å². The van der Waals surface area contributed by atoms with Gasteiger partial charge in [0.1, 0.15) is 0 Å². The van der Waals surface area contributed by atoms with Crippen LogP contribution in [0.5, 0.6) is 0 Å². The van der Waals surface area contributed by atoms with Crippen LogP contribution in [-0.4, -0.2) is 9.20 Å². The fourth-order valence-electron chi connectivity index (χ4n) is 2.01. The first-order valence-corrected chi connectivity index (χ1v) is 6.67. The molecular formula is C10H14BrNS. The normalized spacial score (nSPS) is 29.9. The van der Waals surface area contributed by atoms with Crippen molar-refractivity contribution in [2.24, 2.45) is 0 Å². The van der Waals surface area contributed by atoms with Crippen LogP contribution in [0.1, 0.15) is 43.7 Å². The molecule has 0 saturated heterocycles. The third kappa shape index (κ3) is 2.32. The summed E-state index contributed by atoms with van der Waals surface area (Å²) in [5.41, 5.74) is 1.30. The maximum Gasteiger partial charge on any atom is 0.0584 e. The monoisotopic (exact) mass is 259 g/mol.